The largest absolute Gasteiger partial charge is 0.493 e. The first kappa shape index (κ1) is 22.1. The van der Waals surface area contributed by atoms with Gasteiger partial charge in [-0.05, 0) is 59.2 Å². The summed E-state index contributed by atoms with van der Waals surface area (Å²) in [6.45, 7) is 11.7. The molecule has 0 fully saturated rings. The molecule has 0 spiro atoms. The number of aliphatic carboxylic acids is 1. The maximum atomic E-state index is 10.9. The van der Waals surface area contributed by atoms with Gasteiger partial charge in [0.1, 0.15) is 5.75 Å². The third-order valence-corrected chi connectivity index (χ3v) is 6.21. The molecule has 4 heteroatoms. The first-order valence-corrected chi connectivity index (χ1v) is 11.4. The van der Waals surface area contributed by atoms with Crippen LogP contribution < -0.4 is 4.74 Å². The minimum Gasteiger partial charge on any atom is -0.493 e. The molecule has 3 nitrogen and oxygen atoms in total. The second-order valence-corrected chi connectivity index (χ2v) is 9.30. The Labute approximate surface area is 183 Å². The van der Waals surface area contributed by atoms with Crippen molar-refractivity contribution in [2.24, 2.45) is 0 Å². The average molecular weight is 423 g/mol. The standard InChI is InChI=1S/C26H30O3S/c1-6-12-29-26-21(17(4)5)13-18(16(2)3)14-23(26)20-8-7-9-24-22(20)15-19(30-24)10-11-25(27)28/h7-11,13-17H,6,12H2,1-5H3,(H,27,28)/b11-10+. The van der Waals surface area contributed by atoms with Gasteiger partial charge in [-0.15, -0.1) is 11.3 Å². The summed E-state index contributed by atoms with van der Waals surface area (Å²) < 4.78 is 7.45. The van der Waals surface area contributed by atoms with Crippen molar-refractivity contribution in [2.45, 2.75) is 52.9 Å². The summed E-state index contributed by atoms with van der Waals surface area (Å²) in [6, 6.07) is 12.9. The minimum absolute atomic E-state index is 0.352. The maximum absolute atomic E-state index is 10.9. The summed E-state index contributed by atoms with van der Waals surface area (Å²) in [4.78, 5) is 11.9. The molecule has 0 aliphatic rings. The van der Waals surface area contributed by atoms with E-state index in [4.69, 9.17) is 9.84 Å². The van der Waals surface area contributed by atoms with Crippen LogP contribution in [-0.2, 0) is 4.79 Å². The Hall–Kier alpha value is -2.59. The van der Waals surface area contributed by atoms with Crippen molar-refractivity contribution < 1.29 is 14.6 Å². The zero-order chi connectivity index (χ0) is 21.8. The normalized spacial score (nSPS) is 11.8. The topological polar surface area (TPSA) is 46.5 Å². The van der Waals surface area contributed by atoms with Gasteiger partial charge in [-0.1, -0.05) is 52.8 Å². The van der Waals surface area contributed by atoms with Crippen molar-refractivity contribution in [3.63, 3.8) is 0 Å². The molecule has 1 aromatic heterocycles. The van der Waals surface area contributed by atoms with E-state index in [0.717, 1.165) is 38.3 Å². The lowest BCUT2D eigenvalue weighted by molar-refractivity contribution is -0.131. The van der Waals surface area contributed by atoms with E-state index in [0.29, 0.717) is 18.4 Å². The highest BCUT2D eigenvalue weighted by molar-refractivity contribution is 7.19. The predicted octanol–water partition coefficient (Wildman–Crippen LogP) is 7.70. The molecule has 0 bridgehead atoms. The third-order valence-electron chi connectivity index (χ3n) is 5.14. The van der Waals surface area contributed by atoms with Crippen molar-refractivity contribution in [3.05, 3.63) is 58.5 Å². The quantitative estimate of drug-likeness (QED) is 0.378. The smallest absolute Gasteiger partial charge is 0.328 e. The van der Waals surface area contributed by atoms with E-state index in [1.54, 1.807) is 17.4 Å². The number of carboxylic acids is 1. The van der Waals surface area contributed by atoms with Crippen molar-refractivity contribution in [3.8, 4) is 16.9 Å². The van der Waals surface area contributed by atoms with E-state index in [-0.39, 0.29) is 0 Å². The molecular weight excluding hydrogens is 392 g/mol. The molecule has 0 radical (unpaired) electrons. The molecular formula is C26H30O3S. The summed E-state index contributed by atoms with van der Waals surface area (Å²) in [6.07, 6.45) is 3.81. The Bertz CT molecular complexity index is 1070. The van der Waals surface area contributed by atoms with Crippen LogP contribution in [-0.4, -0.2) is 17.7 Å². The second kappa shape index (κ2) is 9.48. The van der Waals surface area contributed by atoms with Crippen LogP contribution in [0.1, 0.15) is 68.9 Å². The first-order valence-electron chi connectivity index (χ1n) is 10.6. The molecule has 0 aliphatic heterocycles. The van der Waals surface area contributed by atoms with E-state index in [1.165, 1.54) is 17.2 Å². The van der Waals surface area contributed by atoms with Gasteiger partial charge < -0.3 is 9.84 Å². The van der Waals surface area contributed by atoms with Crippen molar-refractivity contribution in [1.29, 1.82) is 0 Å². The van der Waals surface area contributed by atoms with Crippen LogP contribution in [0.2, 0.25) is 0 Å². The maximum Gasteiger partial charge on any atom is 0.328 e. The van der Waals surface area contributed by atoms with Crippen molar-refractivity contribution >= 4 is 33.5 Å². The van der Waals surface area contributed by atoms with Crippen LogP contribution in [0, 0.1) is 0 Å². The number of fused-ring (bicyclic) bond motifs is 1. The molecule has 158 valence electrons. The number of benzene rings is 2. The zero-order valence-corrected chi connectivity index (χ0v) is 19.2. The monoisotopic (exact) mass is 422 g/mol. The van der Waals surface area contributed by atoms with E-state index in [1.807, 2.05) is 0 Å². The lowest BCUT2D eigenvalue weighted by Gasteiger charge is -2.21. The molecule has 2 aromatic carbocycles. The van der Waals surface area contributed by atoms with E-state index < -0.39 is 5.97 Å². The molecule has 0 unspecified atom stereocenters. The molecule has 3 rings (SSSR count). The molecule has 0 atom stereocenters. The van der Waals surface area contributed by atoms with Gasteiger partial charge in [-0.3, -0.25) is 0 Å². The summed E-state index contributed by atoms with van der Waals surface area (Å²) in [5.74, 6) is 0.800. The Morgan fingerprint density at radius 2 is 1.87 bits per heavy atom. The zero-order valence-electron chi connectivity index (χ0n) is 18.4. The van der Waals surface area contributed by atoms with Gasteiger partial charge in [0.2, 0.25) is 0 Å². The number of carboxylic acid groups (broad SMARTS) is 1. The highest BCUT2D eigenvalue weighted by atomic mass is 32.1. The van der Waals surface area contributed by atoms with E-state index >= 15 is 0 Å². The predicted molar refractivity (Wildman–Crippen MR) is 128 cm³/mol. The van der Waals surface area contributed by atoms with Crippen LogP contribution in [0.4, 0.5) is 0 Å². The number of carbonyl (C=O) groups is 1. The van der Waals surface area contributed by atoms with Gasteiger partial charge in [0.05, 0.1) is 6.61 Å². The van der Waals surface area contributed by atoms with Gasteiger partial charge in [0.15, 0.2) is 0 Å². The lowest BCUT2D eigenvalue weighted by Crippen LogP contribution is -2.04. The third kappa shape index (κ3) is 4.76. The Morgan fingerprint density at radius 1 is 1.10 bits per heavy atom. The molecule has 30 heavy (non-hydrogen) atoms. The Morgan fingerprint density at radius 3 is 2.50 bits per heavy atom. The highest BCUT2D eigenvalue weighted by Gasteiger charge is 2.19. The number of hydrogen-bond acceptors (Lipinski definition) is 3. The van der Waals surface area contributed by atoms with Crippen molar-refractivity contribution in [2.75, 3.05) is 6.61 Å². The summed E-state index contributed by atoms with van der Waals surface area (Å²) in [5, 5.41) is 10.1. The van der Waals surface area contributed by atoms with Crippen LogP contribution in [0.5, 0.6) is 5.75 Å². The molecule has 0 amide bonds. The molecule has 1 heterocycles. The van der Waals surface area contributed by atoms with Crippen LogP contribution in [0.3, 0.4) is 0 Å². The fourth-order valence-corrected chi connectivity index (χ4v) is 4.55. The SMILES string of the molecule is CCCOc1c(-c2cccc3sc(/C=C/C(=O)O)cc23)cc(C(C)C)cc1C(C)C. The Balaban J connectivity index is 2.27. The molecule has 0 saturated heterocycles. The van der Waals surface area contributed by atoms with Crippen LogP contribution in [0.15, 0.2) is 42.5 Å². The average Bonchev–Trinajstić information content (AvgIpc) is 3.13. The summed E-state index contributed by atoms with van der Waals surface area (Å²) in [5.41, 5.74) is 4.79. The van der Waals surface area contributed by atoms with Gasteiger partial charge in [0, 0.05) is 26.6 Å². The van der Waals surface area contributed by atoms with Gasteiger partial charge >= 0.3 is 5.97 Å². The number of thiophene rings is 1. The van der Waals surface area contributed by atoms with E-state index in [9.17, 15) is 4.79 Å². The fraction of sp³-hybridized carbons (Fsp3) is 0.346. The van der Waals surface area contributed by atoms with Gasteiger partial charge in [0.25, 0.3) is 0 Å². The van der Waals surface area contributed by atoms with Crippen LogP contribution in [0.25, 0.3) is 27.3 Å². The van der Waals surface area contributed by atoms with Crippen molar-refractivity contribution in [1.82, 2.24) is 0 Å². The fourth-order valence-electron chi connectivity index (χ4n) is 3.55. The Kier molecular flexibility index (Phi) is 6.99. The molecule has 0 saturated carbocycles. The molecule has 1 N–H and O–H groups in total. The van der Waals surface area contributed by atoms with Gasteiger partial charge in [-0.25, -0.2) is 4.79 Å². The highest BCUT2D eigenvalue weighted by Crippen LogP contribution is 2.43. The minimum atomic E-state index is -0.936. The molecule has 0 aliphatic carbocycles. The van der Waals surface area contributed by atoms with E-state index in [2.05, 4.69) is 71.0 Å². The van der Waals surface area contributed by atoms with Gasteiger partial charge in [-0.2, -0.15) is 0 Å². The molecule has 3 aromatic rings. The number of ether oxygens (including phenoxy) is 1. The number of hydrogen-bond donors (Lipinski definition) is 1. The van der Waals surface area contributed by atoms with Crippen LogP contribution >= 0.6 is 11.3 Å². The summed E-state index contributed by atoms with van der Waals surface area (Å²) >= 11 is 1.60. The summed E-state index contributed by atoms with van der Waals surface area (Å²) in [7, 11) is 0. The number of rotatable bonds is 8. The second-order valence-electron chi connectivity index (χ2n) is 8.18. The lowest BCUT2D eigenvalue weighted by atomic mass is 9.88. The first-order chi connectivity index (χ1) is 14.3.